The van der Waals surface area contributed by atoms with Gasteiger partial charge in [0.2, 0.25) is 20.9 Å². The van der Waals surface area contributed by atoms with Crippen LogP contribution in [0.5, 0.6) is 0 Å². The van der Waals surface area contributed by atoms with Crippen molar-refractivity contribution in [3.05, 3.63) is 36.2 Å². The molecule has 0 fully saturated rings. The first kappa shape index (κ1) is 15.6. The lowest BCUT2D eigenvalue weighted by atomic mass is 9.85. The molecule has 2 heterocycles. The summed E-state index contributed by atoms with van der Waals surface area (Å²) < 4.78 is 22.8. The summed E-state index contributed by atoms with van der Waals surface area (Å²) in [6.07, 6.45) is 4.03. The van der Waals surface area contributed by atoms with Crippen LogP contribution in [-0.2, 0) is 20.0 Å². The number of amides is 1. The van der Waals surface area contributed by atoms with Crippen molar-refractivity contribution >= 4 is 21.4 Å². The predicted molar refractivity (Wildman–Crippen MR) is 87.0 cm³/mol. The van der Waals surface area contributed by atoms with E-state index in [4.69, 9.17) is 0 Å². The summed E-state index contributed by atoms with van der Waals surface area (Å²) in [5.74, 6) is 0.0494. The molecule has 1 aromatic carbocycles. The second-order valence-corrected chi connectivity index (χ2v) is 8.16. The molecule has 2 aromatic rings. The van der Waals surface area contributed by atoms with Gasteiger partial charge in [-0.2, -0.15) is 0 Å². The SMILES string of the molecule is CN1C(=O)C(C)(C)c2ccc(-c3cnc(S(C)(=O)=O)nc3)cc21. The van der Waals surface area contributed by atoms with Crippen molar-refractivity contribution in [3.8, 4) is 11.1 Å². The second-order valence-electron chi connectivity index (χ2n) is 6.25. The van der Waals surface area contributed by atoms with Crippen LogP contribution in [0, 0.1) is 0 Å². The number of hydrogen-bond donors (Lipinski definition) is 0. The maximum absolute atomic E-state index is 12.3. The summed E-state index contributed by atoms with van der Waals surface area (Å²) >= 11 is 0. The molecule has 6 nitrogen and oxygen atoms in total. The zero-order valence-corrected chi connectivity index (χ0v) is 14.2. The van der Waals surface area contributed by atoms with Gasteiger partial charge in [0, 0.05) is 36.9 Å². The summed E-state index contributed by atoms with van der Waals surface area (Å²) in [5, 5.41) is -0.198. The predicted octanol–water partition coefficient (Wildman–Crippen LogP) is 1.80. The van der Waals surface area contributed by atoms with Gasteiger partial charge in [-0.15, -0.1) is 0 Å². The van der Waals surface area contributed by atoms with Gasteiger partial charge in [0.05, 0.1) is 5.41 Å². The Bertz CT molecular complexity index is 903. The minimum absolute atomic E-state index is 0.0494. The molecule has 3 rings (SSSR count). The smallest absolute Gasteiger partial charge is 0.246 e. The van der Waals surface area contributed by atoms with E-state index < -0.39 is 15.3 Å². The summed E-state index contributed by atoms with van der Waals surface area (Å²) in [7, 11) is -1.66. The molecule has 0 saturated heterocycles. The molecule has 23 heavy (non-hydrogen) atoms. The third-order valence-corrected chi connectivity index (χ3v) is 5.04. The van der Waals surface area contributed by atoms with Gasteiger partial charge < -0.3 is 4.90 Å². The maximum atomic E-state index is 12.3. The molecular formula is C16H17N3O3S. The van der Waals surface area contributed by atoms with Crippen molar-refractivity contribution < 1.29 is 13.2 Å². The Morgan fingerprint density at radius 2 is 1.70 bits per heavy atom. The number of nitrogens with zero attached hydrogens (tertiary/aromatic N) is 3. The summed E-state index contributed by atoms with van der Waals surface area (Å²) in [6, 6.07) is 5.73. The molecule has 1 amide bonds. The second kappa shape index (κ2) is 4.86. The van der Waals surface area contributed by atoms with Gasteiger partial charge in [0.25, 0.3) is 0 Å². The largest absolute Gasteiger partial charge is 0.314 e. The molecule has 0 spiro atoms. The molecule has 0 N–H and O–H groups in total. The van der Waals surface area contributed by atoms with Gasteiger partial charge in [-0.25, -0.2) is 18.4 Å². The number of benzene rings is 1. The zero-order chi connectivity index (χ0) is 17.0. The van der Waals surface area contributed by atoms with Crippen LogP contribution >= 0.6 is 0 Å². The van der Waals surface area contributed by atoms with E-state index in [-0.39, 0.29) is 11.1 Å². The van der Waals surface area contributed by atoms with Gasteiger partial charge in [-0.3, -0.25) is 4.79 Å². The lowest BCUT2D eigenvalue weighted by molar-refractivity contribution is -0.121. The van der Waals surface area contributed by atoms with E-state index in [2.05, 4.69) is 9.97 Å². The first-order chi connectivity index (χ1) is 10.6. The first-order valence-corrected chi connectivity index (χ1v) is 8.96. The van der Waals surface area contributed by atoms with Gasteiger partial charge in [0.1, 0.15) is 0 Å². The minimum Gasteiger partial charge on any atom is -0.314 e. The maximum Gasteiger partial charge on any atom is 0.246 e. The summed E-state index contributed by atoms with van der Waals surface area (Å²) in [4.78, 5) is 21.8. The number of fused-ring (bicyclic) bond motifs is 1. The number of rotatable bonds is 2. The first-order valence-electron chi connectivity index (χ1n) is 7.07. The molecule has 0 aliphatic carbocycles. The normalized spacial score (nSPS) is 16.5. The van der Waals surface area contributed by atoms with Gasteiger partial charge in [0.15, 0.2) is 0 Å². The number of carbonyl (C=O) groups is 1. The van der Waals surface area contributed by atoms with Crippen LogP contribution in [0.2, 0.25) is 0 Å². The highest BCUT2D eigenvalue weighted by atomic mass is 32.2. The number of likely N-dealkylation sites (N-methyl/N-ethyl adjacent to an activating group) is 1. The van der Waals surface area contributed by atoms with Crippen LogP contribution in [0.4, 0.5) is 5.69 Å². The molecule has 0 saturated carbocycles. The summed E-state index contributed by atoms with van der Waals surface area (Å²) in [6.45, 7) is 3.81. The molecule has 0 unspecified atom stereocenters. The monoisotopic (exact) mass is 331 g/mol. The van der Waals surface area contributed by atoms with Crippen molar-refractivity contribution in [2.45, 2.75) is 24.4 Å². The van der Waals surface area contributed by atoms with E-state index in [0.717, 1.165) is 23.1 Å². The van der Waals surface area contributed by atoms with E-state index in [9.17, 15) is 13.2 Å². The number of sulfone groups is 1. The Labute approximate surface area is 135 Å². The third kappa shape index (κ3) is 2.41. The van der Waals surface area contributed by atoms with Gasteiger partial charge >= 0.3 is 0 Å². The fraction of sp³-hybridized carbons (Fsp3) is 0.312. The lowest BCUT2D eigenvalue weighted by Crippen LogP contribution is -2.33. The van der Waals surface area contributed by atoms with Crippen molar-refractivity contribution in [3.63, 3.8) is 0 Å². The van der Waals surface area contributed by atoms with E-state index >= 15 is 0 Å². The van der Waals surface area contributed by atoms with Crippen molar-refractivity contribution in [2.75, 3.05) is 18.2 Å². The molecule has 0 radical (unpaired) electrons. The molecule has 0 bridgehead atoms. The van der Waals surface area contributed by atoms with Crippen LogP contribution in [0.15, 0.2) is 35.7 Å². The Balaban J connectivity index is 2.06. The standard InChI is InChI=1S/C16H17N3O3S/c1-16(2)12-6-5-10(7-13(12)19(3)14(16)20)11-8-17-15(18-9-11)23(4,21)22/h5-9H,1-4H3. The lowest BCUT2D eigenvalue weighted by Gasteiger charge is -2.16. The average molecular weight is 331 g/mol. The molecule has 1 aromatic heterocycles. The van der Waals surface area contributed by atoms with Gasteiger partial charge in [-0.1, -0.05) is 12.1 Å². The molecular weight excluding hydrogens is 314 g/mol. The van der Waals surface area contributed by atoms with E-state index in [1.807, 2.05) is 32.0 Å². The molecule has 1 aliphatic heterocycles. The van der Waals surface area contributed by atoms with Crippen molar-refractivity contribution in [1.29, 1.82) is 0 Å². The fourth-order valence-electron chi connectivity index (χ4n) is 2.82. The number of anilines is 1. The van der Waals surface area contributed by atoms with Crippen LogP contribution in [-0.4, -0.2) is 37.6 Å². The number of carbonyl (C=O) groups excluding carboxylic acids is 1. The molecule has 120 valence electrons. The third-order valence-electron chi connectivity index (χ3n) is 4.16. The Hall–Kier alpha value is -2.28. The zero-order valence-electron chi connectivity index (χ0n) is 13.4. The van der Waals surface area contributed by atoms with E-state index in [0.29, 0.717) is 5.56 Å². The van der Waals surface area contributed by atoms with Crippen LogP contribution in [0.25, 0.3) is 11.1 Å². The Morgan fingerprint density at radius 1 is 1.09 bits per heavy atom. The van der Waals surface area contributed by atoms with Gasteiger partial charge in [-0.05, 0) is 31.0 Å². The van der Waals surface area contributed by atoms with E-state index in [1.54, 1.807) is 11.9 Å². The topological polar surface area (TPSA) is 80.2 Å². The quantitative estimate of drug-likeness (QED) is 0.784. The molecule has 1 aliphatic rings. The van der Waals surface area contributed by atoms with Crippen molar-refractivity contribution in [1.82, 2.24) is 9.97 Å². The number of aromatic nitrogens is 2. The highest BCUT2D eigenvalue weighted by molar-refractivity contribution is 7.90. The molecule has 7 heteroatoms. The number of hydrogen-bond acceptors (Lipinski definition) is 5. The van der Waals surface area contributed by atoms with Crippen LogP contribution in [0.3, 0.4) is 0 Å². The minimum atomic E-state index is -3.42. The van der Waals surface area contributed by atoms with E-state index in [1.165, 1.54) is 12.4 Å². The Morgan fingerprint density at radius 3 is 2.26 bits per heavy atom. The van der Waals surface area contributed by atoms with Crippen LogP contribution in [0.1, 0.15) is 19.4 Å². The van der Waals surface area contributed by atoms with Crippen molar-refractivity contribution in [2.24, 2.45) is 0 Å². The molecule has 0 atom stereocenters. The summed E-state index contributed by atoms with van der Waals surface area (Å²) in [5.41, 5.74) is 2.82. The highest BCUT2D eigenvalue weighted by Gasteiger charge is 2.42. The average Bonchev–Trinajstić information content (AvgIpc) is 2.67. The Kier molecular flexibility index (Phi) is 3.30. The fourth-order valence-corrected chi connectivity index (χ4v) is 3.31. The highest BCUT2D eigenvalue weighted by Crippen LogP contribution is 2.42. The van der Waals surface area contributed by atoms with Crippen LogP contribution < -0.4 is 4.90 Å².